The first kappa shape index (κ1) is 26.4. The topological polar surface area (TPSA) is 83.5 Å². The number of carbonyl (C=O) groups excluding carboxylic acids is 1. The molecular weight excluding hydrogens is 444 g/mol. The highest BCUT2D eigenvalue weighted by Gasteiger charge is 2.35. The zero-order valence-corrected chi connectivity index (χ0v) is 20.5. The molecule has 0 saturated carbocycles. The van der Waals surface area contributed by atoms with E-state index in [4.69, 9.17) is 21.1 Å². The fourth-order valence-corrected chi connectivity index (χ4v) is 4.00. The average Bonchev–Trinajstić information content (AvgIpc) is 2.84. The maximum Gasteiger partial charge on any atom is 0.340 e. The number of hydrogen-bond donors (Lipinski definition) is 1. The van der Waals surface area contributed by atoms with Crippen LogP contribution in [0.1, 0.15) is 24.0 Å². The molecule has 0 unspecified atom stereocenters. The van der Waals surface area contributed by atoms with Gasteiger partial charge in [0.15, 0.2) is 0 Å². The monoisotopic (exact) mass is 476 g/mol. The number of amides is 2. The number of nitrogens with zero attached hydrogens (tertiary/aromatic N) is 3. The minimum Gasteiger partial charge on any atom is -0.497 e. The maximum absolute atomic E-state index is 12.7. The molecule has 0 spiro atoms. The minimum absolute atomic E-state index is 0.0373. The molecule has 0 atom stereocenters. The minimum atomic E-state index is -0.579. The van der Waals surface area contributed by atoms with Crippen LogP contribution in [0.3, 0.4) is 0 Å². The van der Waals surface area contributed by atoms with E-state index in [1.807, 2.05) is 62.6 Å². The van der Waals surface area contributed by atoms with Gasteiger partial charge >= 0.3 is 6.03 Å². The van der Waals surface area contributed by atoms with Crippen molar-refractivity contribution < 1.29 is 14.3 Å². The number of nitroso groups, excluding NO2 is 1. The summed E-state index contributed by atoms with van der Waals surface area (Å²) >= 11 is 5.71. The molecule has 8 nitrogen and oxygen atoms in total. The van der Waals surface area contributed by atoms with Gasteiger partial charge in [-0.15, -0.1) is 16.5 Å². The number of methoxy groups -OCH3 is 2. The second-order valence-electron chi connectivity index (χ2n) is 8.00. The number of carbonyl (C=O) groups is 1. The average molecular weight is 477 g/mol. The molecule has 2 aromatic carbocycles. The quantitative estimate of drug-likeness (QED) is 0.265. The summed E-state index contributed by atoms with van der Waals surface area (Å²) in [6, 6.07) is 15.1. The smallest absolute Gasteiger partial charge is 0.340 e. The van der Waals surface area contributed by atoms with E-state index in [0.717, 1.165) is 47.0 Å². The third-order valence-electron chi connectivity index (χ3n) is 5.66. The zero-order valence-electron chi connectivity index (χ0n) is 19.7. The van der Waals surface area contributed by atoms with Gasteiger partial charge in [-0.25, -0.2) is 4.79 Å². The molecular formula is C24H33ClN4O4. The van der Waals surface area contributed by atoms with Crippen molar-refractivity contribution in [1.82, 2.24) is 15.2 Å². The Bertz CT molecular complexity index is 828. The lowest BCUT2D eigenvalue weighted by Crippen LogP contribution is -2.46. The van der Waals surface area contributed by atoms with Crippen molar-refractivity contribution in [1.29, 1.82) is 0 Å². The van der Waals surface area contributed by atoms with Gasteiger partial charge in [0.1, 0.15) is 11.5 Å². The summed E-state index contributed by atoms with van der Waals surface area (Å²) < 4.78 is 10.7. The van der Waals surface area contributed by atoms with Crippen molar-refractivity contribution in [2.45, 2.75) is 18.3 Å². The summed E-state index contributed by atoms with van der Waals surface area (Å²) in [5, 5.41) is 6.52. The molecule has 0 heterocycles. The van der Waals surface area contributed by atoms with Crippen molar-refractivity contribution in [3.63, 3.8) is 0 Å². The lowest BCUT2D eigenvalue weighted by atomic mass is 9.71. The van der Waals surface area contributed by atoms with Gasteiger partial charge in [-0.2, -0.15) is 5.01 Å². The number of nitrogens with one attached hydrogen (secondary N) is 1. The number of hydrogen-bond acceptors (Lipinski definition) is 6. The lowest BCUT2D eigenvalue weighted by Gasteiger charge is -2.36. The molecule has 2 amide bonds. The Balaban J connectivity index is 2.51. The molecule has 0 bridgehead atoms. The Morgan fingerprint density at radius 3 is 1.88 bits per heavy atom. The second kappa shape index (κ2) is 13.0. The summed E-state index contributed by atoms with van der Waals surface area (Å²) in [6.07, 6.45) is 1.65. The first-order chi connectivity index (χ1) is 15.9. The third kappa shape index (κ3) is 7.07. The molecule has 0 aliphatic rings. The highest BCUT2D eigenvalue weighted by atomic mass is 35.5. The first-order valence-electron chi connectivity index (χ1n) is 10.8. The van der Waals surface area contributed by atoms with Gasteiger partial charge in [-0.1, -0.05) is 24.3 Å². The van der Waals surface area contributed by atoms with Gasteiger partial charge in [-0.3, -0.25) is 0 Å². The first-order valence-corrected chi connectivity index (χ1v) is 11.3. The predicted octanol–water partition coefficient (Wildman–Crippen LogP) is 4.26. The van der Waals surface area contributed by atoms with Crippen molar-refractivity contribution in [3.05, 3.63) is 64.6 Å². The Morgan fingerprint density at radius 2 is 1.48 bits per heavy atom. The van der Waals surface area contributed by atoms with Crippen LogP contribution in [0.5, 0.6) is 11.5 Å². The fraction of sp³-hybridized carbons (Fsp3) is 0.458. The van der Waals surface area contributed by atoms with Gasteiger partial charge in [-0.05, 0) is 68.9 Å². The van der Waals surface area contributed by atoms with Crippen LogP contribution in [0.25, 0.3) is 0 Å². The predicted molar refractivity (Wildman–Crippen MR) is 131 cm³/mol. The largest absolute Gasteiger partial charge is 0.497 e. The molecule has 0 radical (unpaired) electrons. The highest BCUT2D eigenvalue weighted by Crippen LogP contribution is 2.38. The van der Waals surface area contributed by atoms with Crippen molar-refractivity contribution in [3.8, 4) is 11.5 Å². The number of benzene rings is 2. The molecule has 2 rings (SSSR count). The zero-order chi connectivity index (χ0) is 24.3. The summed E-state index contributed by atoms with van der Waals surface area (Å²) in [7, 11) is 7.32. The van der Waals surface area contributed by atoms with Crippen LogP contribution in [0.4, 0.5) is 4.79 Å². The van der Waals surface area contributed by atoms with E-state index >= 15 is 0 Å². The standard InChI is InChI=1S/C24H33ClN4O4/c1-28(2)16-5-14-24(19-6-10-21(32-3)11-7-19,20-8-12-22(33-4)13-9-20)18-26-23(30)29(27-31)17-15-25/h6-13H,5,14-18H2,1-4H3,(H,26,30). The summed E-state index contributed by atoms with van der Waals surface area (Å²) in [6.45, 7) is 1.19. The van der Waals surface area contributed by atoms with E-state index in [2.05, 4.69) is 15.5 Å². The summed E-state index contributed by atoms with van der Waals surface area (Å²) in [4.78, 5) is 25.9. The SMILES string of the molecule is COc1ccc(C(CCCN(C)C)(CNC(=O)N(CCCl)N=O)c2ccc(OC)cc2)cc1. The summed E-state index contributed by atoms with van der Waals surface area (Å²) in [5.74, 6) is 1.61. The number of halogens is 1. The van der Waals surface area contributed by atoms with Gasteiger partial charge in [0.05, 0.1) is 26.1 Å². The van der Waals surface area contributed by atoms with Crippen LogP contribution >= 0.6 is 11.6 Å². The van der Waals surface area contributed by atoms with Crippen LogP contribution in [0.2, 0.25) is 0 Å². The van der Waals surface area contributed by atoms with Crippen molar-refractivity contribution in [2.75, 3.05) is 53.8 Å². The Morgan fingerprint density at radius 1 is 0.970 bits per heavy atom. The molecule has 0 aromatic heterocycles. The third-order valence-corrected chi connectivity index (χ3v) is 5.83. The Kier molecular flexibility index (Phi) is 10.4. The van der Waals surface area contributed by atoms with Crippen LogP contribution < -0.4 is 14.8 Å². The highest BCUT2D eigenvalue weighted by molar-refractivity contribution is 6.18. The van der Waals surface area contributed by atoms with Gasteiger partial charge in [0.2, 0.25) is 0 Å². The van der Waals surface area contributed by atoms with E-state index in [1.165, 1.54) is 0 Å². The maximum atomic E-state index is 12.7. The lowest BCUT2D eigenvalue weighted by molar-refractivity contribution is 0.199. The van der Waals surface area contributed by atoms with E-state index in [0.29, 0.717) is 0 Å². The second-order valence-corrected chi connectivity index (χ2v) is 8.38. The van der Waals surface area contributed by atoms with E-state index in [9.17, 15) is 9.70 Å². The summed E-state index contributed by atoms with van der Waals surface area (Å²) in [5.41, 5.74) is 1.49. The number of ether oxygens (including phenoxy) is 2. The fourth-order valence-electron chi connectivity index (χ4n) is 3.84. The molecule has 1 N–H and O–H groups in total. The normalized spacial score (nSPS) is 11.2. The van der Waals surface area contributed by atoms with Gasteiger partial charge in [0, 0.05) is 17.8 Å². The van der Waals surface area contributed by atoms with E-state index in [1.54, 1.807) is 14.2 Å². The van der Waals surface area contributed by atoms with Crippen LogP contribution in [-0.2, 0) is 5.41 Å². The molecule has 9 heteroatoms. The van der Waals surface area contributed by atoms with Gasteiger partial charge in [0.25, 0.3) is 0 Å². The molecule has 33 heavy (non-hydrogen) atoms. The van der Waals surface area contributed by atoms with Crippen molar-refractivity contribution >= 4 is 17.6 Å². The Labute approximate surface area is 200 Å². The van der Waals surface area contributed by atoms with Gasteiger partial charge < -0.3 is 19.7 Å². The van der Waals surface area contributed by atoms with E-state index in [-0.39, 0.29) is 19.0 Å². The molecule has 2 aromatic rings. The van der Waals surface area contributed by atoms with E-state index < -0.39 is 11.4 Å². The molecule has 0 aliphatic heterocycles. The van der Waals surface area contributed by atoms with Crippen LogP contribution in [-0.4, -0.2) is 69.8 Å². The molecule has 0 fully saturated rings. The molecule has 0 aliphatic carbocycles. The molecule has 180 valence electrons. The van der Waals surface area contributed by atoms with Crippen molar-refractivity contribution in [2.24, 2.45) is 5.29 Å². The number of rotatable bonds is 13. The molecule has 0 saturated heterocycles. The number of urea groups is 1. The number of alkyl halides is 1. The Hall–Kier alpha value is -2.84. The van der Waals surface area contributed by atoms with Crippen LogP contribution in [0.15, 0.2) is 53.8 Å². The van der Waals surface area contributed by atoms with Crippen LogP contribution in [0, 0.1) is 4.91 Å².